The van der Waals surface area contributed by atoms with Gasteiger partial charge >= 0.3 is 0 Å². The van der Waals surface area contributed by atoms with Crippen LogP contribution < -0.4 is 10.1 Å². The van der Waals surface area contributed by atoms with Gasteiger partial charge in [0.2, 0.25) is 0 Å². The normalized spacial score (nSPS) is 10.2. The first-order chi connectivity index (χ1) is 15.0. The molecule has 0 aliphatic heterocycles. The molecule has 1 N–H and O–H groups in total. The number of amides is 2. The monoisotopic (exact) mass is 417 g/mol. The van der Waals surface area contributed by atoms with Crippen molar-refractivity contribution in [3.63, 3.8) is 0 Å². The van der Waals surface area contributed by atoms with E-state index >= 15 is 0 Å². The van der Waals surface area contributed by atoms with E-state index in [4.69, 9.17) is 14.4 Å². The molecular weight excluding hydrogens is 394 g/mol. The highest BCUT2D eigenvalue weighted by Crippen LogP contribution is 2.20. The molecule has 0 spiro atoms. The van der Waals surface area contributed by atoms with Crippen LogP contribution in [0.2, 0.25) is 0 Å². The average Bonchev–Trinajstić information content (AvgIpc) is 3.28. The zero-order chi connectivity index (χ0) is 22.2. The second-order valence-corrected chi connectivity index (χ2v) is 6.67. The van der Waals surface area contributed by atoms with Crippen molar-refractivity contribution in [2.75, 3.05) is 18.4 Å². The highest BCUT2D eigenvalue weighted by atomic mass is 16.5. The van der Waals surface area contributed by atoms with Gasteiger partial charge in [-0.15, -0.1) is 0 Å². The molecule has 2 amide bonds. The first-order valence-corrected chi connectivity index (χ1v) is 9.97. The summed E-state index contributed by atoms with van der Waals surface area (Å²) < 4.78 is 11.2. The van der Waals surface area contributed by atoms with Gasteiger partial charge in [0.25, 0.3) is 11.8 Å². The predicted molar refractivity (Wildman–Crippen MR) is 116 cm³/mol. The topological polar surface area (TPSA) is 95.6 Å². The minimum atomic E-state index is -0.434. The zero-order valence-corrected chi connectivity index (χ0v) is 17.4. The number of hydrogen-bond acceptors (Lipinski definition) is 5. The largest absolute Gasteiger partial charge is 0.484 e. The molecule has 0 unspecified atom stereocenters. The van der Waals surface area contributed by atoms with E-state index in [2.05, 4.69) is 11.4 Å². The smallest absolute Gasteiger partial charge is 0.291 e. The van der Waals surface area contributed by atoms with Crippen LogP contribution >= 0.6 is 0 Å². The molecule has 0 atom stereocenters. The number of para-hydroxylation sites is 1. The van der Waals surface area contributed by atoms with Crippen molar-refractivity contribution in [1.82, 2.24) is 4.90 Å². The lowest BCUT2D eigenvalue weighted by molar-refractivity contribution is 0.0772. The van der Waals surface area contributed by atoms with Crippen molar-refractivity contribution in [2.24, 2.45) is 0 Å². The van der Waals surface area contributed by atoms with E-state index in [1.807, 2.05) is 13.8 Å². The van der Waals surface area contributed by atoms with Crippen molar-refractivity contribution in [1.29, 1.82) is 5.26 Å². The van der Waals surface area contributed by atoms with Gasteiger partial charge in [0.05, 0.1) is 5.56 Å². The van der Waals surface area contributed by atoms with Gasteiger partial charge in [-0.25, -0.2) is 0 Å². The van der Waals surface area contributed by atoms with E-state index in [9.17, 15) is 9.59 Å². The van der Waals surface area contributed by atoms with Gasteiger partial charge in [0.15, 0.2) is 5.76 Å². The number of benzene rings is 2. The summed E-state index contributed by atoms with van der Waals surface area (Å²) in [5.41, 5.74) is 1.43. The number of furan rings is 1. The molecule has 2 aromatic carbocycles. The molecule has 0 bridgehead atoms. The van der Waals surface area contributed by atoms with Crippen LogP contribution in [0.4, 0.5) is 5.69 Å². The fourth-order valence-corrected chi connectivity index (χ4v) is 3.03. The highest BCUT2D eigenvalue weighted by molar-refractivity contribution is 6.03. The maximum atomic E-state index is 12.5. The summed E-state index contributed by atoms with van der Waals surface area (Å²) in [6.45, 7) is 5.15. The molecule has 0 radical (unpaired) electrons. The third kappa shape index (κ3) is 5.31. The molecule has 3 aromatic rings. The molecule has 0 fully saturated rings. The Bertz CT molecular complexity index is 1110. The first kappa shape index (κ1) is 21.7. The van der Waals surface area contributed by atoms with Gasteiger partial charge in [-0.1, -0.05) is 18.2 Å². The average molecular weight is 417 g/mol. The van der Waals surface area contributed by atoms with Crippen molar-refractivity contribution < 1.29 is 18.7 Å². The van der Waals surface area contributed by atoms with Crippen molar-refractivity contribution in [3.8, 4) is 11.8 Å². The summed E-state index contributed by atoms with van der Waals surface area (Å²) in [7, 11) is 0. The van der Waals surface area contributed by atoms with E-state index < -0.39 is 5.91 Å². The Kier molecular flexibility index (Phi) is 7.07. The van der Waals surface area contributed by atoms with Crippen LogP contribution in [0.5, 0.6) is 5.75 Å². The number of hydrogen-bond donors (Lipinski definition) is 1. The number of nitrogens with zero attached hydrogens (tertiary/aromatic N) is 2. The summed E-state index contributed by atoms with van der Waals surface area (Å²) in [6, 6.07) is 18.9. The van der Waals surface area contributed by atoms with Crippen LogP contribution in [0.25, 0.3) is 0 Å². The van der Waals surface area contributed by atoms with Gasteiger partial charge < -0.3 is 19.4 Å². The van der Waals surface area contributed by atoms with Crippen molar-refractivity contribution in [2.45, 2.75) is 20.5 Å². The van der Waals surface area contributed by atoms with E-state index in [1.165, 1.54) is 0 Å². The van der Waals surface area contributed by atoms with Gasteiger partial charge in [-0.3, -0.25) is 9.59 Å². The Hall–Kier alpha value is -4.05. The quantitative estimate of drug-likeness (QED) is 0.584. The molecule has 0 aliphatic rings. The van der Waals surface area contributed by atoms with E-state index in [0.717, 1.165) is 0 Å². The van der Waals surface area contributed by atoms with Crippen LogP contribution in [0, 0.1) is 11.3 Å². The van der Waals surface area contributed by atoms with E-state index in [0.29, 0.717) is 41.4 Å². The fourth-order valence-electron chi connectivity index (χ4n) is 3.03. The third-order valence-corrected chi connectivity index (χ3v) is 4.68. The number of rotatable bonds is 8. The van der Waals surface area contributed by atoms with Gasteiger partial charge in [-0.2, -0.15) is 5.26 Å². The molecule has 158 valence electrons. The molecule has 7 nitrogen and oxygen atoms in total. The Labute approximate surface area is 180 Å². The summed E-state index contributed by atoms with van der Waals surface area (Å²) in [5, 5.41) is 11.9. The van der Waals surface area contributed by atoms with E-state index in [1.54, 1.807) is 65.6 Å². The number of carbonyl (C=O) groups is 2. The SMILES string of the molecule is CCN(CC)C(=O)c1cccc(NC(=O)c2ccc(COc3ccccc3C#N)o2)c1. The molecule has 1 heterocycles. The Morgan fingerprint density at radius 2 is 1.84 bits per heavy atom. The van der Waals surface area contributed by atoms with Crippen LogP contribution in [-0.2, 0) is 6.61 Å². The molecule has 0 aliphatic carbocycles. The van der Waals surface area contributed by atoms with Crippen molar-refractivity contribution in [3.05, 3.63) is 83.3 Å². The molecule has 0 saturated carbocycles. The number of anilines is 1. The molecular formula is C24H23N3O4. The molecule has 0 saturated heterocycles. The van der Waals surface area contributed by atoms with E-state index in [-0.39, 0.29) is 18.3 Å². The van der Waals surface area contributed by atoms with Crippen LogP contribution in [0.1, 0.15) is 46.1 Å². The summed E-state index contributed by atoms with van der Waals surface area (Å²) in [6.07, 6.45) is 0. The first-order valence-electron chi connectivity index (χ1n) is 9.97. The second-order valence-electron chi connectivity index (χ2n) is 6.67. The standard InChI is InChI=1S/C24H23N3O4/c1-3-27(4-2)24(29)17-9-7-10-19(14-17)26-23(28)22-13-12-20(31-22)16-30-21-11-6-5-8-18(21)15-25/h5-14H,3-4,16H2,1-2H3,(H,26,28). The second kappa shape index (κ2) is 10.1. The fraction of sp³-hybridized carbons (Fsp3) is 0.208. The third-order valence-electron chi connectivity index (χ3n) is 4.68. The number of ether oxygens (including phenoxy) is 1. The summed E-state index contributed by atoms with van der Waals surface area (Å²) >= 11 is 0. The molecule has 31 heavy (non-hydrogen) atoms. The van der Waals surface area contributed by atoms with Crippen LogP contribution in [0.3, 0.4) is 0 Å². The summed E-state index contributed by atoms with van der Waals surface area (Å²) in [4.78, 5) is 26.8. The number of carbonyl (C=O) groups excluding carboxylic acids is 2. The minimum Gasteiger partial charge on any atom is -0.484 e. The Morgan fingerprint density at radius 1 is 1.06 bits per heavy atom. The van der Waals surface area contributed by atoms with Crippen LogP contribution in [0.15, 0.2) is 65.1 Å². The van der Waals surface area contributed by atoms with Crippen LogP contribution in [-0.4, -0.2) is 29.8 Å². The molecule has 3 rings (SSSR count). The zero-order valence-electron chi connectivity index (χ0n) is 17.4. The molecule has 7 heteroatoms. The summed E-state index contributed by atoms with van der Waals surface area (Å²) in [5.74, 6) is 0.491. The lowest BCUT2D eigenvalue weighted by Gasteiger charge is -2.18. The van der Waals surface area contributed by atoms with Gasteiger partial charge in [0.1, 0.15) is 24.2 Å². The molecule has 1 aromatic heterocycles. The maximum absolute atomic E-state index is 12.5. The van der Waals surface area contributed by atoms with Gasteiger partial charge in [0, 0.05) is 24.3 Å². The van der Waals surface area contributed by atoms with Crippen molar-refractivity contribution >= 4 is 17.5 Å². The highest BCUT2D eigenvalue weighted by Gasteiger charge is 2.15. The minimum absolute atomic E-state index is 0.0832. The van der Waals surface area contributed by atoms with Gasteiger partial charge in [-0.05, 0) is 56.3 Å². The Balaban J connectivity index is 1.64. The lowest BCUT2D eigenvalue weighted by atomic mass is 10.1. The predicted octanol–water partition coefficient (Wildman–Crippen LogP) is 4.46. The lowest BCUT2D eigenvalue weighted by Crippen LogP contribution is -2.30. The Morgan fingerprint density at radius 3 is 2.58 bits per heavy atom. The number of nitriles is 1. The number of nitrogens with one attached hydrogen (secondary N) is 1. The maximum Gasteiger partial charge on any atom is 0.291 e.